The second kappa shape index (κ2) is 15.6. The molecule has 322 valence electrons. The lowest BCUT2D eigenvalue weighted by Gasteiger charge is -2.32. The number of rotatable bonds is 6. The molecule has 3 aliphatic rings. The summed E-state index contributed by atoms with van der Waals surface area (Å²) in [6, 6.07) is 8.67. The summed E-state index contributed by atoms with van der Waals surface area (Å²) in [6.07, 6.45) is 8.69. The van der Waals surface area contributed by atoms with Gasteiger partial charge in [0.1, 0.15) is 28.7 Å². The monoisotopic (exact) mass is 948 g/mol. The number of aromatic nitrogens is 10. The quantitative estimate of drug-likeness (QED) is 0.121. The second-order valence-corrected chi connectivity index (χ2v) is 19.4. The first kappa shape index (κ1) is 42.2. The highest BCUT2D eigenvalue weighted by molar-refractivity contribution is 14.1. The second-order valence-electron chi connectivity index (χ2n) is 18.2. The summed E-state index contributed by atoms with van der Waals surface area (Å²) >= 11 is 2.36. The van der Waals surface area contributed by atoms with Gasteiger partial charge < -0.3 is 28.3 Å². The summed E-state index contributed by atoms with van der Waals surface area (Å²) in [6.45, 7) is 20.2. The molecule has 16 heteroatoms. The SMILES string of the molecule is Cc1cnn(C)c1-c1cc(-c2c(C)noc2C)cc2[nH]c(C3CC3)nc12.Cc1cnn(C)c1B1OC(C)(C)C(C)(C)O1.Cc1noc(C)c1-c1cc(I)c2nc(C3CC3)[nH]c2c1. The summed E-state index contributed by atoms with van der Waals surface area (Å²) in [5, 5.41) is 16.8. The number of nitrogens with one attached hydrogen (secondary N) is 2. The Bertz CT molecular complexity index is 2880. The molecular formula is C46H54BIN10O4. The van der Waals surface area contributed by atoms with Gasteiger partial charge in [-0.05, 0) is 164 Å². The maximum absolute atomic E-state index is 5.99. The Morgan fingerprint density at radius 1 is 0.661 bits per heavy atom. The van der Waals surface area contributed by atoms with Crippen molar-refractivity contribution in [2.45, 2.75) is 118 Å². The number of nitrogens with zero attached hydrogens (tertiary/aromatic N) is 8. The fourth-order valence-corrected chi connectivity index (χ4v) is 9.12. The highest BCUT2D eigenvalue weighted by Gasteiger charge is 2.53. The molecule has 62 heavy (non-hydrogen) atoms. The Morgan fingerprint density at radius 3 is 1.60 bits per heavy atom. The number of H-pyrrole nitrogens is 2. The third kappa shape index (κ3) is 7.71. The van der Waals surface area contributed by atoms with Crippen LogP contribution < -0.4 is 5.59 Å². The molecule has 6 aromatic heterocycles. The highest BCUT2D eigenvalue weighted by Crippen LogP contribution is 2.43. The first-order chi connectivity index (χ1) is 29.4. The highest BCUT2D eigenvalue weighted by atomic mass is 127. The number of fused-ring (bicyclic) bond motifs is 2. The Hall–Kier alpha value is -5.07. The van der Waals surface area contributed by atoms with E-state index >= 15 is 0 Å². The largest absolute Gasteiger partial charge is 0.514 e. The van der Waals surface area contributed by atoms with Crippen molar-refractivity contribution in [3.8, 4) is 33.5 Å². The molecule has 0 atom stereocenters. The van der Waals surface area contributed by atoms with Gasteiger partial charge in [-0.15, -0.1) is 0 Å². The van der Waals surface area contributed by atoms with Gasteiger partial charge in [-0.25, -0.2) is 9.97 Å². The minimum atomic E-state index is -0.322. The van der Waals surface area contributed by atoms with E-state index < -0.39 is 0 Å². The van der Waals surface area contributed by atoms with E-state index in [1.165, 1.54) is 29.3 Å². The Morgan fingerprint density at radius 2 is 1.15 bits per heavy atom. The van der Waals surface area contributed by atoms with Crippen LogP contribution in [-0.4, -0.2) is 68.1 Å². The van der Waals surface area contributed by atoms with Crippen LogP contribution in [0.15, 0.2) is 45.7 Å². The first-order valence-corrected chi connectivity index (χ1v) is 22.4. The van der Waals surface area contributed by atoms with Gasteiger partial charge in [0.2, 0.25) is 0 Å². The number of aryl methyl sites for hydroxylation is 8. The van der Waals surface area contributed by atoms with Gasteiger partial charge in [-0.3, -0.25) is 9.36 Å². The predicted molar refractivity (Wildman–Crippen MR) is 249 cm³/mol. The van der Waals surface area contributed by atoms with E-state index in [0.717, 1.165) is 107 Å². The van der Waals surface area contributed by atoms with Crippen LogP contribution in [0.2, 0.25) is 0 Å². The van der Waals surface area contributed by atoms with E-state index in [2.05, 4.69) is 112 Å². The average molecular weight is 949 g/mol. The van der Waals surface area contributed by atoms with E-state index in [0.29, 0.717) is 11.8 Å². The Labute approximate surface area is 375 Å². The summed E-state index contributed by atoms with van der Waals surface area (Å²) in [4.78, 5) is 16.7. The van der Waals surface area contributed by atoms with Crippen molar-refractivity contribution in [3.63, 3.8) is 0 Å². The number of imidazole rings is 2. The first-order valence-electron chi connectivity index (χ1n) is 21.3. The van der Waals surface area contributed by atoms with Gasteiger partial charge in [-0.1, -0.05) is 10.3 Å². The van der Waals surface area contributed by atoms with Crippen LogP contribution >= 0.6 is 22.6 Å². The van der Waals surface area contributed by atoms with Crippen molar-refractivity contribution in [1.29, 1.82) is 0 Å². The lowest BCUT2D eigenvalue weighted by Crippen LogP contribution is -2.41. The molecule has 14 nitrogen and oxygen atoms in total. The van der Waals surface area contributed by atoms with Crippen molar-refractivity contribution in [1.82, 2.24) is 49.8 Å². The van der Waals surface area contributed by atoms with Crippen molar-refractivity contribution in [2.75, 3.05) is 0 Å². The maximum Gasteiger partial charge on any atom is 0.514 e. The van der Waals surface area contributed by atoms with Crippen LogP contribution in [0.1, 0.15) is 111 Å². The fourth-order valence-electron chi connectivity index (χ4n) is 8.37. The van der Waals surface area contributed by atoms with Crippen molar-refractivity contribution in [2.24, 2.45) is 14.1 Å². The van der Waals surface area contributed by atoms with E-state index in [1.54, 1.807) is 0 Å². The molecule has 0 spiro atoms. The number of hydrogen-bond donors (Lipinski definition) is 2. The molecule has 1 saturated heterocycles. The van der Waals surface area contributed by atoms with Gasteiger partial charge >= 0.3 is 7.12 Å². The van der Waals surface area contributed by atoms with E-state index in [1.807, 2.05) is 70.5 Å². The smallest absolute Gasteiger partial charge is 0.398 e. The lowest BCUT2D eigenvalue weighted by atomic mass is 9.82. The molecule has 1 aliphatic heterocycles. The molecular weight excluding hydrogens is 894 g/mol. The number of benzene rings is 2. The molecule has 7 heterocycles. The Kier molecular flexibility index (Phi) is 10.6. The minimum absolute atomic E-state index is 0.297. The number of halogens is 1. The molecule has 0 bridgehead atoms. The summed E-state index contributed by atoms with van der Waals surface area (Å²) < 4.78 is 27.6. The van der Waals surface area contributed by atoms with Crippen LogP contribution in [-0.2, 0) is 23.4 Å². The number of aromatic amines is 2. The molecule has 2 saturated carbocycles. The molecule has 2 aromatic carbocycles. The Balaban J connectivity index is 0.000000123. The third-order valence-corrected chi connectivity index (χ3v) is 13.6. The van der Waals surface area contributed by atoms with Gasteiger partial charge in [-0.2, -0.15) is 10.2 Å². The molecule has 11 rings (SSSR count). The third-order valence-electron chi connectivity index (χ3n) is 12.8. The minimum Gasteiger partial charge on any atom is -0.398 e. The van der Waals surface area contributed by atoms with Crippen LogP contribution in [0.4, 0.5) is 0 Å². The molecule has 2 N–H and O–H groups in total. The average Bonchev–Trinajstić information content (AvgIpc) is 3.94. The molecule has 3 fully saturated rings. The van der Waals surface area contributed by atoms with E-state index in [4.69, 9.17) is 28.3 Å². The summed E-state index contributed by atoms with van der Waals surface area (Å²) in [5.41, 5.74) is 15.3. The normalized spacial score (nSPS) is 16.8. The fraction of sp³-hybridized carbons (Fsp3) is 0.435. The zero-order chi connectivity index (χ0) is 44.0. The van der Waals surface area contributed by atoms with E-state index in [-0.39, 0.29) is 18.3 Å². The van der Waals surface area contributed by atoms with Crippen molar-refractivity contribution in [3.05, 3.63) is 85.9 Å². The van der Waals surface area contributed by atoms with Gasteiger partial charge in [0.25, 0.3) is 0 Å². The lowest BCUT2D eigenvalue weighted by molar-refractivity contribution is 0.00578. The van der Waals surface area contributed by atoms with Gasteiger partial charge in [0.05, 0.1) is 62.8 Å². The molecule has 8 aromatic rings. The molecule has 0 radical (unpaired) electrons. The zero-order valence-corrected chi connectivity index (χ0v) is 39.8. The molecule has 2 aliphatic carbocycles. The number of hydrogen-bond acceptors (Lipinski definition) is 10. The van der Waals surface area contributed by atoms with Gasteiger partial charge in [0, 0.05) is 46.2 Å². The van der Waals surface area contributed by atoms with Crippen LogP contribution in [0, 0.1) is 45.1 Å². The standard InChI is InChI=1S/C20H21N5O.C15H14IN3O.C11H19BN2O2/c1-10-9-21-25(4)19(10)15-7-14(17-11(2)24-26-12(17)3)8-16-18(15)23-20(22-16)13-5-6-13;1-7-13(8(2)20-19-7)10-5-11(16)14-12(6-10)17-15(18-14)9-3-4-9;1-8-7-13-14(6)9(8)12-15-10(2,3)11(4,5)16-12/h7-9,13H,5-6H2,1-4H3,(H,22,23);5-6,9H,3-4H2,1-2H3,(H,17,18);7H,1-6H3. The van der Waals surface area contributed by atoms with Crippen molar-refractivity contribution < 1.29 is 18.4 Å². The van der Waals surface area contributed by atoms with Crippen LogP contribution in [0.25, 0.3) is 55.6 Å². The topological polar surface area (TPSA) is 164 Å². The zero-order valence-electron chi connectivity index (χ0n) is 37.6. The summed E-state index contributed by atoms with van der Waals surface area (Å²) in [5.74, 6) is 5.13. The van der Waals surface area contributed by atoms with Gasteiger partial charge in [0.15, 0.2) is 0 Å². The van der Waals surface area contributed by atoms with Crippen molar-refractivity contribution >= 4 is 57.4 Å². The maximum atomic E-state index is 5.99. The molecule has 0 unspecified atom stereocenters. The van der Waals surface area contributed by atoms with Crippen LogP contribution in [0.3, 0.4) is 0 Å². The summed E-state index contributed by atoms with van der Waals surface area (Å²) in [7, 11) is 3.57. The predicted octanol–water partition coefficient (Wildman–Crippen LogP) is 9.77. The van der Waals surface area contributed by atoms with E-state index in [9.17, 15) is 0 Å². The molecule has 0 amide bonds. The van der Waals surface area contributed by atoms with Crippen LogP contribution in [0.5, 0.6) is 0 Å².